The first-order chi connectivity index (χ1) is 15.9. The van der Waals surface area contributed by atoms with E-state index >= 15 is 0 Å². The maximum atomic E-state index is 12.9. The number of hydrogen-bond acceptors (Lipinski definition) is 7. The number of fused-ring (bicyclic) bond motifs is 1. The van der Waals surface area contributed by atoms with Crippen LogP contribution in [0.3, 0.4) is 0 Å². The van der Waals surface area contributed by atoms with Crippen LogP contribution in [-0.2, 0) is 23.0 Å². The van der Waals surface area contributed by atoms with Crippen LogP contribution in [0.1, 0.15) is 21.5 Å². The number of methoxy groups -OCH3 is 3. The summed E-state index contributed by atoms with van der Waals surface area (Å²) in [6.07, 6.45) is 0.612. The van der Waals surface area contributed by atoms with Gasteiger partial charge in [0, 0.05) is 24.3 Å². The van der Waals surface area contributed by atoms with Gasteiger partial charge in [-0.15, -0.1) is 11.3 Å². The number of carbonyl (C=O) groups excluding carboxylic acids is 1. The van der Waals surface area contributed by atoms with Crippen LogP contribution >= 0.6 is 11.3 Å². The van der Waals surface area contributed by atoms with Crippen molar-refractivity contribution in [2.45, 2.75) is 17.2 Å². The number of carbonyl (C=O) groups is 1. The van der Waals surface area contributed by atoms with E-state index in [-0.39, 0.29) is 12.5 Å². The molecule has 0 bridgehead atoms. The first-order valence-electron chi connectivity index (χ1n) is 10.1. The van der Waals surface area contributed by atoms with Crippen LogP contribution in [0.25, 0.3) is 0 Å². The maximum Gasteiger partial charge on any atom is 0.255 e. The van der Waals surface area contributed by atoms with Crippen LogP contribution in [0.5, 0.6) is 17.2 Å². The Balaban J connectivity index is 1.56. The van der Waals surface area contributed by atoms with Crippen molar-refractivity contribution in [2.75, 3.05) is 33.2 Å². The number of rotatable bonds is 7. The minimum atomic E-state index is -3.54. The molecule has 1 aliphatic heterocycles. The average Bonchev–Trinajstić information content (AvgIpc) is 3.38. The summed E-state index contributed by atoms with van der Waals surface area (Å²) in [4.78, 5) is 12.9. The summed E-state index contributed by atoms with van der Waals surface area (Å²) in [6, 6.07) is 12.1. The van der Waals surface area contributed by atoms with Crippen LogP contribution < -0.4 is 19.5 Å². The lowest BCUT2D eigenvalue weighted by Crippen LogP contribution is -2.35. The van der Waals surface area contributed by atoms with Crippen molar-refractivity contribution in [2.24, 2.45) is 0 Å². The van der Waals surface area contributed by atoms with E-state index in [9.17, 15) is 13.2 Å². The Morgan fingerprint density at radius 1 is 1.00 bits per heavy atom. The van der Waals surface area contributed by atoms with Gasteiger partial charge >= 0.3 is 0 Å². The van der Waals surface area contributed by atoms with Gasteiger partial charge in [-0.1, -0.05) is 12.1 Å². The van der Waals surface area contributed by atoms with Crippen molar-refractivity contribution in [3.8, 4) is 17.2 Å². The van der Waals surface area contributed by atoms with Crippen LogP contribution in [0.4, 0.5) is 5.69 Å². The molecule has 2 heterocycles. The molecular formula is C23H24N2O6S2. The molecule has 4 rings (SSSR count). The van der Waals surface area contributed by atoms with E-state index in [1.54, 1.807) is 29.6 Å². The van der Waals surface area contributed by atoms with Crippen molar-refractivity contribution >= 4 is 33.0 Å². The van der Waals surface area contributed by atoms with Gasteiger partial charge in [0.15, 0.2) is 11.5 Å². The molecular weight excluding hydrogens is 464 g/mol. The molecule has 1 amide bonds. The number of thiophene rings is 1. The van der Waals surface area contributed by atoms with Crippen LogP contribution in [0.2, 0.25) is 0 Å². The van der Waals surface area contributed by atoms with Gasteiger partial charge in [0.05, 0.1) is 21.3 Å². The number of amides is 1. The van der Waals surface area contributed by atoms with Gasteiger partial charge in [-0.3, -0.25) is 4.79 Å². The van der Waals surface area contributed by atoms with Gasteiger partial charge in [0.1, 0.15) is 4.21 Å². The monoisotopic (exact) mass is 488 g/mol. The Labute approximate surface area is 196 Å². The Bertz CT molecular complexity index is 1250. The van der Waals surface area contributed by atoms with Gasteiger partial charge < -0.3 is 19.5 Å². The van der Waals surface area contributed by atoms with Crippen molar-refractivity contribution in [3.63, 3.8) is 0 Å². The van der Waals surface area contributed by atoms with Gasteiger partial charge in [0.25, 0.3) is 15.9 Å². The fourth-order valence-electron chi connectivity index (χ4n) is 3.77. The quantitative estimate of drug-likeness (QED) is 0.544. The summed E-state index contributed by atoms with van der Waals surface area (Å²) in [7, 11) is 0.927. The standard InChI is InChI=1S/C23H24N2O6S2/c1-29-19-12-16(13-20(30-2)22(19)31-3)23(26)24-18-7-6-15-8-9-25(14-17(15)11-18)33(27,28)21-5-4-10-32-21/h4-7,10-13H,8-9,14H2,1-3H3,(H,24,26). The molecule has 10 heteroatoms. The largest absolute Gasteiger partial charge is 0.493 e. The van der Waals surface area contributed by atoms with Gasteiger partial charge in [-0.2, -0.15) is 4.31 Å². The van der Waals surface area contributed by atoms with E-state index in [1.807, 2.05) is 18.2 Å². The average molecular weight is 489 g/mol. The van der Waals surface area contributed by atoms with Crippen LogP contribution in [0.15, 0.2) is 52.1 Å². The SMILES string of the molecule is COc1cc(C(=O)Nc2ccc3c(c2)CN(S(=O)(=O)c2cccs2)CC3)cc(OC)c1OC. The lowest BCUT2D eigenvalue weighted by Gasteiger charge is -2.28. The van der Waals surface area contributed by atoms with Crippen LogP contribution in [0, 0.1) is 0 Å². The maximum absolute atomic E-state index is 12.9. The number of nitrogens with one attached hydrogen (secondary N) is 1. The normalized spacial score (nSPS) is 13.8. The molecule has 8 nitrogen and oxygen atoms in total. The van der Waals surface area contributed by atoms with Gasteiger partial charge in [-0.25, -0.2) is 8.42 Å². The van der Waals surface area contributed by atoms with Crippen LogP contribution in [-0.4, -0.2) is 46.5 Å². The third-order valence-electron chi connectivity index (χ3n) is 5.46. The van der Waals surface area contributed by atoms with E-state index < -0.39 is 10.0 Å². The number of ether oxygens (including phenoxy) is 3. The highest BCUT2D eigenvalue weighted by Crippen LogP contribution is 2.38. The summed E-state index contributed by atoms with van der Waals surface area (Å²) in [5.41, 5.74) is 2.84. The Morgan fingerprint density at radius 3 is 2.33 bits per heavy atom. The summed E-state index contributed by atoms with van der Waals surface area (Å²) in [5.74, 6) is 0.800. The minimum absolute atomic E-state index is 0.253. The molecule has 0 spiro atoms. The number of benzene rings is 2. The lowest BCUT2D eigenvalue weighted by molar-refractivity contribution is 0.102. The summed E-state index contributed by atoms with van der Waals surface area (Å²) in [5, 5.41) is 4.62. The van der Waals surface area contributed by atoms with Crippen molar-refractivity contribution in [3.05, 3.63) is 64.5 Å². The molecule has 174 valence electrons. The predicted octanol–water partition coefficient (Wildman–Crippen LogP) is 3.77. The second kappa shape index (κ2) is 9.42. The minimum Gasteiger partial charge on any atom is -0.493 e. The molecule has 0 fully saturated rings. The van der Waals surface area contributed by atoms with Crippen molar-refractivity contribution in [1.29, 1.82) is 0 Å². The number of sulfonamides is 1. The zero-order valence-electron chi connectivity index (χ0n) is 18.5. The second-order valence-electron chi connectivity index (χ2n) is 7.37. The molecule has 0 atom stereocenters. The van der Waals surface area contributed by atoms with Crippen molar-refractivity contribution in [1.82, 2.24) is 4.31 Å². The molecule has 2 aromatic carbocycles. The molecule has 0 radical (unpaired) electrons. The Morgan fingerprint density at radius 2 is 1.73 bits per heavy atom. The number of hydrogen-bond donors (Lipinski definition) is 1. The lowest BCUT2D eigenvalue weighted by atomic mass is 10.0. The van der Waals surface area contributed by atoms with E-state index in [0.717, 1.165) is 11.1 Å². The van der Waals surface area contributed by atoms with E-state index in [4.69, 9.17) is 14.2 Å². The van der Waals surface area contributed by atoms with Gasteiger partial charge in [0.2, 0.25) is 5.75 Å². The van der Waals surface area contributed by atoms with E-state index in [0.29, 0.717) is 45.7 Å². The molecule has 0 aliphatic carbocycles. The van der Waals surface area contributed by atoms with E-state index in [2.05, 4.69) is 5.32 Å². The second-order valence-corrected chi connectivity index (χ2v) is 10.5. The summed E-state index contributed by atoms with van der Waals surface area (Å²) < 4.78 is 43.6. The Hall–Kier alpha value is -3.08. The fourth-order valence-corrected chi connectivity index (χ4v) is 6.33. The zero-order chi connectivity index (χ0) is 23.6. The number of anilines is 1. The molecule has 33 heavy (non-hydrogen) atoms. The summed E-state index contributed by atoms with van der Waals surface area (Å²) >= 11 is 1.21. The highest BCUT2D eigenvalue weighted by atomic mass is 32.2. The fraction of sp³-hybridized carbons (Fsp3) is 0.261. The first kappa shape index (κ1) is 23.1. The third-order valence-corrected chi connectivity index (χ3v) is 8.68. The topological polar surface area (TPSA) is 94.2 Å². The first-order valence-corrected chi connectivity index (χ1v) is 12.5. The zero-order valence-corrected chi connectivity index (χ0v) is 20.1. The molecule has 1 aromatic heterocycles. The summed E-state index contributed by atoms with van der Waals surface area (Å²) in [6.45, 7) is 0.674. The highest BCUT2D eigenvalue weighted by molar-refractivity contribution is 7.91. The molecule has 3 aromatic rings. The molecule has 0 saturated carbocycles. The van der Waals surface area contributed by atoms with E-state index in [1.165, 1.54) is 37.0 Å². The third kappa shape index (κ3) is 4.54. The number of nitrogens with zero attached hydrogens (tertiary/aromatic N) is 1. The molecule has 0 saturated heterocycles. The molecule has 1 N–H and O–H groups in total. The van der Waals surface area contributed by atoms with Gasteiger partial charge in [-0.05, 0) is 53.3 Å². The molecule has 0 unspecified atom stereocenters. The Kier molecular flexibility index (Phi) is 6.59. The van der Waals surface area contributed by atoms with Crippen molar-refractivity contribution < 1.29 is 27.4 Å². The predicted molar refractivity (Wildman–Crippen MR) is 126 cm³/mol. The highest BCUT2D eigenvalue weighted by Gasteiger charge is 2.29. The smallest absolute Gasteiger partial charge is 0.255 e. The molecule has 1 aliphatic rings.